The fourth-order valence-electron chi connectivity index (χ4n) is 2.91. The van der Waals surface area contributed by atoms with E-state index in [9.17, 15) is 4.79 Å². The van der Waals surface area contributed by atoms with Crippen LogP contribution in [0.25, 0.3) is 0 Å². The van der Waals surface area contributed by atoms with Gasteiger partial charge in [0, 0.05) is 6.54 Å². The van der Waals surface area contributed by atoms with Gasteiger partial charge in [0.2, 0.25) is 0 Å². The average Bonchev–Trinajstić information content (AvgIpc) is 2.47. The zero-order valence-corrected chi connectivity index (χ0v) is 11.0. The minimum atomic E-state index is -0.261. The second kappa shape index (κ2) is 5.61. The summed E-state index contributed by atoms with van der Waals surface area (Å²) in [5.41, 5.74) is 0. The van der Waals surface area contributed by atoms with Crippen LogP contribution in [0.2, 0.25) is 0 Å². The molecule has 0 unspecified atom stereocenters. The van der Waals surface area contributed by atoms with E-state index >= 15 is 0 Å². The van der Waals surface area contributed by atoms with Crippen LogP contribution in [0, 0.1) is 5.92 Å². The molecule has 102 valence electrons. The van der Waals surface area contributed by atoms with Gasteiger partial charge in [-0.3, -0.25) is 4.90 Å². The van der Waals surface area contributed by atoms with Crippen LogP contribution in [0.4, 0.5) is 0 Å². The van der Waals surface area contributed by atoms with Crippen molar-refractivity contribution in [2.45, 2.75) is 18.9 Å². The highest BCUT2D eigenvalue weighted by Crippen LogP contribution is 2.29. The summed E-state index contributed by atoms with van der Waals surface area (Å²) in [6.07, 6.45) is 2.36. The molecule has 4 rings (SSSR count). The fraction of sp³-hybridized carbons (Fsp3) is 0.533. The predicted octanol–water partition coefficient (Wildman–Crippen LogP) is 1.70. The van der Waals surface area contributed by atoms with Crippen molar-refractivity contribution in [3.63, 3.8) is 0 Å². The summed E-state index contributed by atoms with van der Waals surface area (Å²) in [4.78, 5) is 14.2. The molecule has 3 aliphatic heterocycles. The Kier molecular flexibility index (Phi) is 3.69. The van der Waals surface area contributed by atoms with Gasteiger partial charge < -0.3 is 9.47 Å². The smallest absolute Gasteiger partial charge is 0.344 e. The third-order valence-electron chi connectivity index (χ3n) is 3.98. The first-order chi connectivity index (χ1) is 9.31. The van der Waals surface area contributed by atoms with E-state index in [0.717, 1.165) is 32.5 Å². The van der Waals surface area contributed by atoms with Crippen LogP contribution in [-0.4, -0.2) is 43.2 Å². The molecule has 19 heavy (non-hydrogen) atoms. The zero-order chi connectivity index (χ0) is 13.1. The van der Waals surface area contributed by atoms with Gasteiger partial charge in [0.1, 0.15) is 11.9 Å². The van der Waals surface area contributed by atoms with Crippen LogP contribution in [-0.2, 0) is 9.53 Å². The van der Waals surface area contributed by atoms with Crippen LogP contribution < -0.4 is 4.74 Å². The lowest BCUT2D eigenvalue weighted by atomic mass is 9.86. The Hall–Kier alpha value is -1.55. The van der Waals surface area contributed by atoms with Crippen LogP contribution in [0.15, 0.2) is 30.3 Å². The highest BCUT2D eigenvalue weighted by molar-refractivity contribution is 5.71. The summed E-state index contributed by atoms with van der Waals surface area (Å²) in [5.74, 6) is 0.988. The van der Waals surface area contributed by atoms with E-state index in [0.29, 0.717) is 11.7 Å². The topological polar surface area (TPSA) is 38.8 Å². The lowest BCUT2D eigenvalue weighted by molar-refractivity contribution is -0.161. The summed E-state index contributed by atoms with van der Waals surface area (Å²) < 4.78 is 10.9. The lowest BCUT2D eigenvalue weighted by Gasteiger charge is -2.43. The number of rotatable bonds is 4. The summed E-state index contributed by atoms with van der Waals surface area (Å²) in [6, 6.07) is 9.35. The molecule has 1 atom stereocenters. The largest absolute Gasteiger partial charge is 0.482 e. The van der Waals surface area contributed by atoms with Gasteiger partial charge in [-0.15, -0.1) is 0 Å². The molecular formula is C15H19NO3. The minimum Gasteiger partial charge on any atom is -0.482 e. The SMILES string of the molecule is O=C(COc1ccccc1)O[C@@H]1CN2CCC1CC2. The van der Waals surface area contributed by atoms with Crippen molar-refractivity contribution in [1.82, 2.24) is 4.90 Å². The van der Waals surface area contributed by atoms with Crippen molar-refractivity contribution in [3.8, 4) is 5.75 Å². The van der Waals surface area contributed by atoms with Crippen molar-refractivity contribution >= 4 is 5.97 Å². The number of fused-ring (bicyclic) bond motifs is 3. The molecule has 0 aromatic heterocycles. The monoisotopic (exact) mass is 261 g/mol. The Morgan fingerprint density at radius 2 is 1.95 bits per heavy atom. The molecule has 1 aromatic rings. The van der Waals surface area contributed by atoms with Crippen LogP contribution in [0.1, 0.15) is 12.8 Å². The van der Waals surface area contributed by atoms with Gasteiger partial charge in [-0.1, -0.05) is 18.2 Å². The molecule has 4 nitrogen and oxygen atoms in total. The summed E-state index contributed by atoms with van der Waals surface area (Å²) in [5, 5.41) is 0. The van der Waals surface area contributed by atoms with E-state index < -0.39 is 0 Å². The molecule has 0 saturated carbocycles. The molecule has 3 aliphatic rings. The number of nitrogens with zero attached hydrogens (tertiary/aromatic N) is 1. The Bertz CT molecular complexity index is 426. The van der Waals surface area contributed by atoms with Crippen molar-refractivity contribution in [3.05, 3.63) is 30.3 Å². The molecule has 3 fully saturated rings. The van der Waals surface area contributed by atoms with Gasteiger partial charge in [-0.2, -0.15) is 0 Å². The molecule has 2 bridgehead atoms. The quantitative estimate of drug-likeness (QED) is 0.773. The van der Waals surface area contributed by atoms with Gasteiger partial charge in [-0.25, -0.2) is 4.79 Å². The predicted molar refractivity (Wildman–Crippen MR) is 71.0 cm³/mol. The summed E-state index contributed by atoms with van der Waals surface area (Å²) in [6.45, 7) is 3.19. The highest BCUT2D eigenvalue weighted by Gasteiger charge is 2.36. The van der Waals surface area contributed by atoms with Crippen molar-refractivity contribution in [2.24, 2.45) is 5.92 Å². The van der Waals surface area contributed by atoms with E-state index in [4.69, 9.17) is 9.47 Å². The third-order valence-corrected chi connectivity index (χ3v) is 3.98. The maximum atomic E-state index is 11.8. The Morgan fingerprint density at radius 1 is 1.21 bits per heavy atom. The molecule has 0 amide bonds. The number of ether oxygens (including phenoxy) is 2. The fourth-order valence-corrected chi connectivity index (χ4v) is 2.91. The second-order valence-electron chi connectivity index (χ2n) is 5.27. The van der Waals surface area contributed by atoms with E-state index in [1.807, 2.05) is 30.3 Å². The van der Waals surface area contributed by atoms with E-state index in [1.165, 1.54) is 0 Å². The van der Waals surface area contributed by atoms with Gasteiger partial charge in [0.25, 0.3) is 0 Å². The number of benzene rings is 1. The molecule has 3 heterocycles. The molecular weight excluding hydrogens is 242 g/mol. The lowest BCUT2D eigenvalue weighted by Crippen LogP contribution is -2.52. The number of carbonyl (C=O) groups excluding carboxylic acids is 1. The molecule has 3 saturated heterocycles. The minimum absolute atomic E-state index is 0.00671. The van der Waals surface area contributed by atoms with Gasteiger partial charge in [-0.05, 0) is 44.0 Å². The normalized spacial score (nSPS) is 28.9. The molecule has 0 radical (unpaired) electrons. The summed E-state index contributed by atoms with van der Waals surface area (Å²) >= 11 is 0. The second-order valence-corrected chi connectivity index (χ2v) is 5.27. The highest BCUT2D eigenvalue weighted by atomic mass is 16.6. The molecule has 0 spiro atoms. The van der Waals surface area contributed by atoms with E-state index in [2.05, 4.69) is 4.90 Å². The number of hydrogen-bond acceptors (Lipinski definition) is 4. The maximum Gasteiger partial charge on any atom is 0.344 e. The Labute approximate surface area is 113 Å². The number of carbonyl (C=O) groups is 1. The number of para-hydroxylation sites is 1. The van der Waals surface area contributed by atoms with Gasteiger partial charge in [0.15, 0.2) is 6.61 Å². The first-order valence-electron chi connectivity index (χ1n) is 6.91. The Morgan fingerprint density at radius 3 is 2.58 bits per heavy atom. The van der Waals surface area contributed by atoms with Crippen LogP contribution in [0.3, 0.4) is 0 Å². The first kappa shape index (κ1) is 12.5. The number of esters is 1. The maximum absolute atomic E-state index is 11.8. The van der Waals surface area contributed by atoms with Crippen LogP contribution in [0.5, 0.6) is 5.75 Å². The van der Waals surface area contributed by atoms with Crippen molar-refractivity contribution < 1.29 is 14.3 Å². The van der Waals surface area contributed by atoms with E-state index in [-0.39, 0.29) is 18.7 Å². The zero-order valence-electron chi connectivity index (χ0n) is 11.0. The van der Waals surface area contributed by atoms with Crippen LogP contribution >= 0.6 is 0 Å². The Balaban J connectivity index is 1.46. The number of piperidine rings is 3. The van der Waals surface area contributed by atoms with E-state index in [1.54, 1.807) is 0 Å². The third kappa shape index (κ3) is 3.07. The van der Waals surface area contributed by atoms with Crippen molar-refractivity contribution in [1.29, 1.82) is 0 Å². The molecule has 4 heteroatoms. The average molecular weight is 261 g/mol. The van der Waals surface area contributed by atoms with Gasteiger partial charge in [0.05, 0.1) is 0 Å². The first-order valence-corrected chi connectivity index (χ1v) is 6.91. The molecule has 0 N–H and O–H groups in total. The van der Waals surface area contributed by atoms with Gasteiger partial charge >= 0.3 is 5.97 Å². The molecule has 1 aromatic carbocycles. The standard InChI is InChI=1S/C15H19NO3/c17-15(11-18-13-4-2-1-3-5-13)19-14-10-16-8-6-12(14)7-9-16/h1-5,12,14H,6-11H2/t14-/m1/s1. The summed E-state index contributed by atoms with van der Waals surface area (Å²) in [7, 11) is 0. The number of hydrogen-bond donors (Lipinski definition) is 0. The molecule has 0 aliphatic carbocycles. The van der Waals surface area contributed by atoms with Crippen molar-refractivity contribution in [2.75, 3.05) is 26.2 Å².